The first-order chi connectivity index (χ1) is 8.65. The average Bonchev–Trinajstić information content (AvgIpc) is 2.34. The van der Waals surface area contributed by atoms with Gasteiger partial charge in [0.25, 0.3) is 6.43 Å². The minimum Gasteiger partial charge on any atom is -0.471 e. The van der Waals surface area contributed by atoms with E-state index in [1.807, 2.05) is 13.8 Å². The molecule has 0 radical (unpaired) electrons. The van der Waals surface area contributed by atoms with E-state index in [9.17, 15) is 8.78 Å². The van der Waals surface area contributed by atoms with Crippen LogP contribution in [0.4, 0.5) is 14.6 Å². The number of aromatic nitrogens is 2. The average molecular weight is 261 g/mol. The minimum absolute atomic E-state index is 0.121. The third-order valence-electron chi connectivity index (χ3n) is 1.90. The number of hydrogen-bond donors (Lipinski definition) is 1. The van der Waals surface area contributed by atoms with Crippen molar-refractivity contribution in [1.29, 1.82) is 0 Å². The van der Waals surface area contributed by atoms with Crippen LogP contribution in [-0.2, 0) is 11.3 Å². The van der Waals surface area contributed by atoms with Gasteiger partial charge in [0.2, 0.25) is 5.88 Å². The molecule has 0 saturated heterocycles. The summed E-state index contributed by atoms with van der Waals surface area (Å²) in [7, 11) is 0. The van der Waals surface area contributed by atoms with Crippen LogP contribution in [-0.4, -0.2) is 36.2 Å². The molecule has 0 aliphatic heterocycles. The lowest BCUT2D eigenvalue weighted by atomic mass is 10.5. The second-order valence-electron chi connectivity index (χ2n) is 3.38. The second kappa shape index (κ2) is 7.75. The number of anilines is 1. The molecule has 0 aliphatic carbocycles. The Morgan fingerprint density at radius 3 is 2.72 bits per heavy atom. The molecule has 0 spiro atoms. The Morgan fingerprint density at radius 2 is 2.11 bits per heavy atom. The van der Waals surface area contributed by atoms with Gasteiger partial charge in [0.1, 0.15) is 12.4 Å². The van der Waals surface area contributed by atoms with E-state index in [4.69, 9.17) is 9.47 Å². The summed E-state index contributed by atoms with van der Waals surface area (Å²) in [5, 5.41) is 2.98. The summed E-state index contributed by atoms with van der Waals surface area (Å²) < 4.78 is 34.2. The summed E-state index contributed by atoms with van der Waals surface area (Å²) in [4.78, 5) is 8.17. The molecule has 1 aromatic rings. The molecule has 1 heterocycles. The third kappa shape index (κ3) is 5.22. The predicted molar refractivity (Wildman–Crippen MR) is 63.0 cm³/mol. The van der Waals surface area contributed by atoms with Gasteiger partial charge in [-0.1, -0.05) is 0 Å². The number of nitrogens with one attached hydrogen (secondary N) is 1. The van der Waals surface area contributed by atoms with Crippen LogP contribution in [0.3, 0.4) is 0 Å². The fourth-order valence-corrected chi connectivity index (χ4v) is 1.22. The summed E-state index contributed by atoms with van der Waals surface area (Å²) in [6, 6.07) is 1.49. The molecule has 7 heteroatoms. The first-order valence-corrected chi connectivity index (χ1v) is 5.76. The van der Waals surface area contributed by atoms with E-state index in [1.54, 1.807) is 0 Å². The molecular weight excluding hydrogens is 244 g/mol. The zero-order valence-electron chi connectivity index (χ0n) is 10.4. The molecule has 0 amide bonds. The molecule has 0 saturated carbocycles. The Morgan fingerprint density at radius 1 is 1.33 bits per heavy atom. The van der Waals surface area contributed by atoms with E-state index in [0.717, 1.165) is 0 Å². The van der Waals surface area contributed by atoms with Gasteiger partial charge in [-0.2, -0.15) is 4.98 Å². The lowest BCUT2D eigenvalue weighted by Gasteiger charge is -2.09. The van der Waals surface area contributed by atoms with Crippen LogP contribution in [0, 0.1) is 0 Å². The SMILES string of the molecule is CCNc1cc(OCC(F)F)nc(COCC)n1. The maximum Gasteiger partial charge on any atom is 0.272 e. The Kier molecular flexibility index (Phi) is 6.27. The lowest BCUT2D eigenvalue weighted by molar-refractivity contribution is 0.0786. The van der Waals surface area contributed by atoms with Crippen molar-refractivity contribution in [2.75, 3.05) is 25.1 Å². The van der Waals surface area contributed by atoms with E-state index < -0.39 is 13.0 Å². The highest BCUT2D eigenvalue weighted by molar-refractivity contribution is 5.38. The van der Waals surface area contributed by atoms with Crippen molar-refractivity contribution >= 4 is 5.82 Å². The van der Waals surface area contributed by atoms with Gasteiger partial charge in [0, 0.05) is 19.2 Å². The maximum atomic E-state index is 12.1. The van der Waals surface area contributed by atoms with Gasteiger partial charge in [0.15, 0.2) is 12.4 Å². The maximum absolute atomic E-state index is 12.1. The highest BCUT2D eigenvalue weighted by Gasteiger charge is 2.08. The third-order valence-corrected chi connectivity index (χ3v) is 1.90. The Hall–Kier alpha value is -1.50. The number of rotatable bonds is 8. The van der Waals surface area contributed by atoms with Crippen molar-refractivity contribution in [3.05, 3.63) is 11.9 Å². The van der Waals surface area contributed by atoms with Crippen molar-refractivity contribution in [1.82, 2.24) is 9.97 Å². The molecule has 0 aliphatic rings. The van der Waals surface area contributed by atoms with Gasteiger partial charge in [-0.25, -0.2) is 13.8 Å². The van der Waals surface area contributed by atoms with E-state index >= 15 is 0 Å². The number of ether oxygens (including phenoxy) is 2. The van der Waals surface area contributed by atoms with Gasteiger partial charge in [-0.15, -0.1) is 0 Å². The van der Waals surface area contributed by atoms with E-state index in [1.165, 1.54) is 6.07 Å². The van der Waals surface area contributed by atoms with Crippen LogP contribution >= 0.6 is 0 Å². The molecule has 0 aromatic carbocycles. The summed E-state index contributed by atoms with van der Waals surface area (Å²) in [5.41, 5.74) is 0. The van der Waals surface area contributed by atoms with Crippen molar-refractivity contribution < 1.29 is 18.3 Å². The monoisotopic (exact) mass is 261 g/mol. The van der Waals surface area contributed by atoms with Crippen molar-refractivity contribution in [2.45, 2.75) is 26.9 Å². The first-order valence-electron chi connectivity index (χ1n) is 5.76. The number of hydrogen-bond acceptors (Lipinski definition) is 5. The molecule has 1 rings (SSSR count). The zero-order chi connectivity index (χ0) is 13.4. The fourth-order valence-electron chi connectivity index (χ4n) is 1.22. The van der Waals surface area contributed by atoms with Gasteiger partial charge >= 0.3 is 0 Å². The molecule has 5 nitrogen and oxygen atoms in total. The molecule has 102 valence electrons. The molecule has 18 heavy (non-hydrogen) atoms. The summed E-state index contributed by atoms with van der Waals surface area (Å²) in [6.45, 7) is 4.49. The van der Waals surface area contributed by atoms with Crippen LogP contribution < -0.4 is 10.1 Å². The van der Waals surface area contributed by atoms with Crippen LogP contribution in [0.25, 0.3) is 0 Å². The molecule has 1 N–H and O–H groups in total. The Labute approximate surface area is 105 Å². The second-order valence-corrected chi connectivity index (χ2v) is 3.38. The molecular formula is C11H17F2N3O2. The molecule has 0 bridgehead atoms. The standard InChI is InChI=1S/C11H17F2N3O2/c1-3-14-9-5-11(18-6-8(12)13)16-10(15-9)7-17-4-2/h5,8H,3-4,6-7H2,1-2H3,(H,14,15,16). The summed E-state index contributed by atoms with van der Waals surface area (Å²) in [6.07, 6.45) is -2.53. The van der Waals surface area contributed by atoms with E-state index in [0.29, 0.717) is 24.8 Å². The molecule has 0 atom stereocenters. The van der Waals surface area contributed by atoms with Crippen molar-refractivity contribution in [3.63, 3.8) is 0 Å². The van der Waals surface area contributed by atoms with Crippen molar-refractivity contribution in [2.24, 2.45) is 0 Å². The highest BCUT2D eigenvalue weighted by atomic mass is 19.3. The molecule has 0 unspecified atom stereocenters. The van der Waals surface area contributed by atoms with Crippen LogP contribution in [0.15, 0.2) is 6.07 Å². The van der Waals surface area contributed by atoms with Crippen LogP contribution in [0.1, 0.15) is 19.7 Å². The number of halogens is 2. The topological polar surface area (TPSA) is 56.3 Å². The van der Waals surface area contributed by atoms with Crippen LogP contribution in [0.5, 0.6) is 5.88 Å². The number of nitrogens with zero attached hydrogens (tertiary/aromatic N) is 2. The zero-order valence-corrected chi connectivity index (χ0v) is 10.4. The fraction of sp³-hybridized carbons (Fsp3) is 0.636. The quantitative estimate of drug-likeness (QED) is 0.776. The lowest BCUT2D eigenvalue weighted by Crippen LogP contribution is -2.11. The largest absolute Gasteiger partial charge is 0.471 e. The molecule has 0 fully saturated rings. The molecule has 1 aromatic heterocycles. The van der Waals surface area contributed by atoms with Gasteiger partial charge in [-0.3, -0.25) is 0 Å². The Balaban J connectivity index is 2.76. The van der Waals surface area contributed by atoms with E-state index in [-0.39, 0.29) is 12.5 Å². The van der Waals surface area contributed by atoms with E-state index in [2.05, 4.69) is 15.3 Å². The Bertz CT molecular complexity index is 364. The summed E-state index contributed by atoms with van der Waals surface area (Å²) >= 11 is 0. The van der Waals surface area contributed by atoms with Gasteiger partial charge < -0.3 is 14.8 Å². The normalized spacial score (nSPS) is 10.7. The minimum atomic E-state index is -2.53. The first kappa shape index (κ1) is 14.6. The summed E-state index contributed by atoms with van der Waals surface area (Å²) in [5.74, 6) is 1.06. The van der Waals surface area contributed by atoms with Gasteiger partial charge in [-0.05, 0) is 13.8 Å². The van der Waals surface area contributed by atoms with Gasteiger partial charge in [0.05, 0.1) is 0 Å². The van der Waals surface area contributed by atoms with Crippen molar-refractivity contribution in [3.8, 4) is 5.88 Å². The predicted octanol–water partition coefficient (Wildman–Crippen LogP) is 2.09. The van der Waals surface area contributed by atoms with Crippen LogP contribution in [0.2, 0.25) is 0 Å². The smallest absolute Gasteiger partial charge is 0.272 e. The number of alkyl halides is 2. The highest BCUT2D eigenvalue weighted by Crippen LogP contribution is 2.14.